The fraction of sp³-hybridized carbons (Fsp3) is 0.917. The lowest BCUT2D eigenvalue weighted by molar-refractivity contribution is -0.122. The average Bonchev–Trinajstić information content (AvgIpc) is 2.96. The van der Waals surface area contributed by atoms with E-state index >= 15 is 0 Å². The van der Waals surface area contributed by atoms with Gasteiger partial charge in [-0.25, -0.2) is 0 Å². The fourth-order valence-corrected chi connectivity index (χ4v) is 1.91. The largest absolute Gasteiger partial charge is 0.353 e. The highest BCUT2D eigenvalue weighted by molar-refractivity contribution is 5.77. The molecule has 1 amide bonds. The molecule has 0 aromatic carbocycles. The van der Waals surface area contributed by atoms with E-state index in [9.17, 15) is 4.79 Å². The van der Waals surface area contributed by atoms with Crippen molar-refractivity contribution in [3.63, 3.8) is 0 Å². The zero-order chi connectivity index (χ0) is 11.4. The van der Waals surface area contributed by atoms with Crippen molar-refractivity contribution >= 4 is 5.91 Å². The van der Waals surface area contributed by atoms with Gasteiger partial charge in [-0.05, 0) is 31.1 Å². The summed E-state index contributed by atoms with van der Waals surface area (Å²) >= 11 is 0. The zero-order valence-electron chi connectivity index (χ0n) is 10.1. The van der Waals surface area contributed by atoms with Crippen molar-refractivity contribution < 1.29 is 4.79 Å². The maximum Gasteiger partial charge on any atom is 0.221 e. The number of amides is 1. The Balaban J connectivity index is 2.26. The standard InChI is InChI=1S/C12H24N2O/c1-4-11(8(2)3)14-12(15)7-10(13)9-5-6-9/h8-11H,4-7,13H2,1-3H3,(H,14,15). The van der Waals surface area contributed by atoms with Crippen molar-refractivity contribution in [2.24, 2.45) is 17.6 Å². The Morgan fingerprint density at radius 2 is 2.07 bits per heavy atom. The highest BCUT2D eigenvalue weighted by Gasteiger charge is 2.30. The molecule has 88 valence electrons. The Morgan fingerprint density at radius 3 is 2.47 bits per heavy atom. The minimum Gasteiger partial charge on any atom is -0.353 e. The molecule has 15 heavy (non-hydrogen) atoms. The minimum absolute atomic E-state index is 0.0784. The molecule has 3 heteroatoms. The average molecular weight is 212 g/mol. The van der Waals surface area contributed by atoms with Crippen LogP contribution in [0.3, 0.4) is 0 Å². The molecule has 1 fully saturated rings. The summed E-state index contributed by atoms with van der Waals surface area (Å²) in [6, 6.07) is 0.374. The summed E-state index contributed by atoms with van der Waals surface area (Å²) in [6.07, 6.45) is 3.89. The quantitative estimate of drug-likeness (QED) is 0.703. The monoisotopic (exact) mass is 212 g/mol. The summed E-state index contributed by atoms with van der Waals surface area (Å²) in [5, 5.41) is 3.06. The molecule has 1 rings (SSSR count). The molecular weight excluding hydrogens is 188 g/mol. The van der Waals surface area contributed by atoms with E-state index in [4.69, 9.17) is 5.73 Å². The molecule has 0 heterocycles. The lowest BCUT2D eigenvalue weighted by Gasteiger charge is -2.21. The van der Waals surface area contributed by atoms with Crippen LogP contribution in [-0.4, -0.2) is 18.0 Å². The molecule has 1 aliphatic carbocycles. The molecular formula is C12H24N2O. The van der Waals surface area contributed by atoms with E-state index in [-0.39, 0.29) is 11.9 Å². The smallest absolute Gasteiger partial charge is 0.221 e. The van der Waals surface area contributed by atoms with E-state index in [1.807, 2.05) is 0 Å². The van der Waals surface area contributed by atoms with Crippen LogP contribution in [0.15, 0.2) is 0 Å². The van der Waals surface area contributed by atoms with E-state index in [1.54, 1.807) is 0 Å². The van der Waals surface area contributed by atoms with Crippen LogP contribution in [0.2, 0.25) is 0 Å². The van der Waals surface area contributed by atoms with Crippen LogP contribution in [0.5, 0.6) is 0 Å². The highest BCUT2D eigenvalue weighted by Crippen LogP contribution is 2.32. The van der Waals surface area contributed by atoms with Gasteiger partial charge in [-0.2, -0.15) is 0 Å². The predicted molar refractivity (Wildman–Crippen MR) is 62.4 cm³/mol. The van der Waals surface area contributed by atoms with Crippen LogP contribution in [0.4, 0.5) is 0 Å². The molecule has 0 saturated heterocycles. The van der Waals surface area contributed by atoms with Crippen LogP contribution >= 0.6 is 0 Å². The topological polar surface area (TPSA) is 55.1 Å². The Kier molecular flexibility index (Phi) is 4.58. The first-order chi connectivity index (χ1) is 7.04. The molecule has 3 N–H and O–H groups in total. The number of hydrogen-bond acceptors (Lipinski definition) is 2. The molecule has 0 aromatic heterocycles. The SMILES string of the molecule is CCC(NC(=O)CC(N)C1CC1)C(C)C. The van der Waals surface area contributed by atoms with E-state index in [0.29, 0.717) is 24.3 Å². The van der Waals surface area contributed by atoms with Gasteiger partial charge in [-0.15, -0.1) is 0 Å². The molecule has 2 atom stereocenters. The summed E-state index contributed by atoms with van der Waals surface area (Å²) in [5.41, 5.74) is 5.91. The Bertz CT molecular complexity index is 212. The number of carbonyl (C=O) groups excluding carboxylic acids is 1. The van der Waals surface area contributed by atoms with E-state index in [2.05, 4.69) is 26.1 Å². The number of nitrogens with two attached hydrogens (primary N) is 1. The van der Waals surface area contributed by atoms with Gasteiger partial charge in [0, 0.05) is 18.5 Å². The van der Waals surface area contributed by atoms with Gasteiger partial charge in [0.25, 0.3) is 0 Å². The van der Waals surface area contributed by atoms with Gasteiger partial charge < -0.3 is 11.1 Å². The molecule has 2 unspecified atom stereocenters. The lowest BCUT2D eigenvalue weighted by atomic mass is 10.0. The zero-order valence-corrected chi connectivity index (χ0v) is 10.1. The second kappa shape index (κ2) is 5.50. The molecule has 0 aliphatic heterocycles. The van der Waals surface area contributed by atoms with Crippen molar-refractivity contribution in [1.29, 1.82) is 0 Å². The van der Waals surface area contributed by atoms with Crippen molar-refractivity contribution in [3.05, 3.63) is 0 Å². The Hall–Kier alpha value is -0.570. The van der Waals surface area contributed by atoms with Gasteiger partial charge in [0.15, 0.2) is 0 Å². The molecule has 3 nitrogen and oxygen atoms in total. The Morgan fingerprint density at radius 1 is 1.47 bits per heavy atom. The number of nitrogens with one attached hydrogen (secondary N) is 1. The summed E-state index contributed by atoms with van der Waals surface area (Å²) in [7, 11) is 0. The van der Waals surface area contributed by atoms with Crippen LogP contribution in [-0.2, 0) is 4.79 Å². The highest BCUT2D eigenvalue weighted by atomic mass is 16.1. The molecule has 1 saturated carbocycles. The maximum absolute atomic E-state index is 11.7. The summed E-state index contributed by atoms with van der Waals surface area (Å²) in [5.74, 6) is 1.22. The van der Waals surface area contributed by atoms with E-state index in [1.165, 1.54) is 12.8 Å². The van der Waals surface area contributed by atoms with Crippen molar-refractivity contribution in [1.82, 2.24) is 5.32 Å². The van der Waals surface area contributed by atoms with Gasteiger partial charge in [-0.1, -0.05) is 20.8 Å². The van der Waals surface area contributed by atoms with Gasteiger partial charge in [0.05, 0.1) is 0 Å². The first-order valence-electron chi connectivity index (χ1n) is 6.09. The number of rotatable bonds is 6. The number of hydrogen-bond donors (Lipinski definition) is 2. The van der Waals surface area contributed by atoms with Gasteiger partial charge >= 0.3 is 0 Å². The van der Waals surface area contributed by atoms with Crippen molar-refractivity contribution in [2.45, 2.75) is 58.5 Å². The first-order valence-corrected chi connectivity index (χ1v) is 6.09. The van der Waals surface area contributed by atoms with Crippen LogP contribution < -0.4 is 11.1 Å². The van der Waals surface area contributed by atoms with Crippen LogP contribution in [0.1, 0.15) is 46.5 Å². The molecule has 1 aliphatic rings. The second-order valence-electron chi connectivity index (χ2n) is 5.03. The number of carbonyl (C=O) groups is 1. The van der Waals surface area contributed by atoms with Gasteiger partial charge in [0.2, 0.25) is 5.91 Å². The van der Waals surface area contributed by atoms with Crippen molar-refractivity contribution in [3.8, 4) is 0 Å². The third kappa shape index (κ3) is 4.20. The normalized spacial score (nSPS) is 20.1. The van der Waals surface area contributed by atoms with E-state index in [0.717, 1.165) is 6.42 Å². The van der Waals surface area contributed by atoms with E-state index < -0.39 is 0 Å². The van der Waals surface area contributed by atoms with Gasteiger partial charge in [0.1, 0.15) is 0 Å². The molecule has 0 radical (unpaired) electrons. The van der Waals surface area contributed by atoms with Crippen LogP contribution in [0, 0.1) is 11.8 Å². The summed E-state index contributed by atoms with van der Waals surface area (Å²) in [6.45, 7) is 6.37. The molecule has 0 bridgehead atoms. The van der Waals surface area contributed by atoms with Gasteiger partial charge in [-0.3, -0.25) is 4.79 Å². The third-order valence-electron chi connectivity index (χ3n) is 3.24. The van der Waals surface area contributed by atoms with Crippen molar-refractivity contribution in [2.75, 3.05) is 0 Å². The minimum atomic E-state index is 0.0784. The predicted octanol–water partition coefficient (Wildman–Crippen LogP) is 1.66. The lowest BCUT2D eigenvalue weighted by Crippen LogP contribution is -2.41. The third-order valence-corrected chi connectivity index (χ3v) is 3.24. The Labute approximate surface area is 92.8 Å². The fourth-order valence-electron chi connectivity index (χ4n) is 1.91. The first kappa shape index (κ1) is 12.5. The molecule has 0 spiro atoms. The maximum atomic E-state index is 11.7. The van der Waals surface area contributed by atoms with Crippen LogP contribution in [0.25, 0.3) is 0 Å². The summed E-state index contributed by atoms with van der Waals surface area (Å²) in [4.78, 5) is 11.7. The molecule has 0 aromatic rings. The summed E-state index contributed by atoms with van der Waals surface area (Å²) < 4.78 is 0. The second-order valence-corrected chi connectivity index (χ2v) is 5.03.